The fourth-order valence-electron chi connectivity index (χ4n) is 2.38. The predicted molar refractivity (Wildman–Crippen MR) is 111 cm³/mol. The molecule has 0 unspecified atom stereocenters. The summed E-state index contributed by atoms with van der Waals surface area (Å²) in [7, 11) is 1.90. The minimum absolute atomic E-state index is 0. The fourth-order valence-corrected chi connectivity index (χ4v) is 2.38. The number of fused-ring (bicyclic) bond motifs is 3. The van der Waals surface area contributed by atoms with Gasteiger partial charge in [-0.3, -0.25) is 24.2 Å². The van der Waals surface area contributed by atoms with Gasteiger partial charge in [0, 0.05) is 7.05 Å². The molecule has 0 aliphatic heterocycles. The number of aromatic nitrogens is 2. The minimum atomic E-state index is -0.905. The fraction of sp³-hybridized carbons (Fsp3) is 0.143. The first kappa shape index (κ1) is 22.7. The molecule has 0 spiro atoms. The molecule has 0 saturated carbocycles. The number of aromatic amines is 2. The Morgan fingerprint density at radius 1 is 0.923 bits per heavy atom. The van der Waals surface area contributed by atoms with Crippen molar-refractivity contribution >= 4 is 61.8 Å². The van der Waals surface area contributed by atoms with Gasteiger partial charge in [-0.1, -0.05) is 12.6 Å². The zero-order valence-electron chi connectivity index (χ0n) is 12.3. The summed E-state index contributed by atoms with van der Waals surface area (Å²) in [5, 5.41) is 10.1. The van der Waals surface area contributed by atoms with E-state index in [2.05, 4.69) is 60.1 Å². The van der Waals surface area contributed by atoms with Crippen molar-refractivity contribution in [1.29, 1.82) is 0 Å². The molecule has 0 atom stereocenters. The van der Waals surface area contributed by atoms with Crippen molar-refractivity contribution in [3.05, 3.63) is 64.0 Å². The van der Waals surface area contributed by atoms with E-state index in [-0.39, 0.29) is 34.6 Å². The quantitative estimate of drug-likeness (QED) is 0.142. The summed E-state index contributed by atoms with van der Waals surface area (Å²) in [6, 6.07) is 2.77. The van der Waals surface area contributed by atoms with Crippen molar-refractivity contribution in [3.8, 4) is 0 Å². The second kappa shape index (κ2) is 9.57. The molecule has 137 valence electrons. The van der Waals surface area contributed by atoms with Crippen molar-refractivity contribution < 1.29 is 14.7 Å². The maximum absolute atomic E-state index is 12.4. The van der Waals surface area contributed by atoms with Crippen LogP contribution >= 0.6 is 40.0 Å². The van der Waals surface area contributed by atoms with Gasteiger partial charge in [0.1, 0.15) is 0 Å². The number of nitrogens with one attached hydrogen (secondary N) is 2. The van der Waals surface area contributed by atoms with Crippen LogP contribution in [0.2, 0.25) is 0 Å². The summed E-state index contributed by atoms with van der Waals surface area (Å²) in [6.07, 6.45) is 0. The third-order valence-corrected chi connectivity index (χ3v) is 3.34. The maximum atomic E-state index is 12.4. The number of halogens is 2. The number of rotatable bonds is 0. The molecule has 12 heteroatoms. The third-order valence-electron chi connectivity index (χ3n) is 3.34. The van der Waals surface area contributed by atoms with Crippen LogP contribution in [-0.2, 0) is 9.47 Å². The summed E-state index contributed by atoms with van der Waals surface area (Å²) in [6.45, 7) is 0. The molecular formula is C14H12I2N4O5V. The van der Waals surface area contributed by atoms with Gasteiger partial charge in [-0.15, -0.1) is 0 Å². The Balaban J connectivity index is 0.000000791. The molecular weight excluding hydrogens is 609 g/mol. The van der Waals surface area contributed by atoms with Gasteiger partial charge in [0.05, 0.1) is 21.8 Å². The SMILES string of the molecule is C.CN=c1c(=O)[nH]c2ccc3[nH]c(=O)/c(=N\O)c(=O)c3c2c1=O.[I][V][I]. The Morgan fingerprint density at radius 3 is 1.69 bits per heavy atom. The molecule has 0 aliphatic carbocycles. The molecule has 3 rings (SSSR count). The zero-order valence-corrected chi connectivity index (χ0v) is 18.0. The number of benzene rings is 1. The van der Waals surface area contributed by atoms with Crippen LogP contribution in [0.5, 0.6) is 0 Å². The van der Waals surface area contributed by atoms with Crippen molar-refractivity contribution in [3.63, 3.8) is 0 Å². The van der Waals surface area contributed by atoms with Gasteiger partial charge >= 0.3 is 49.4 Å². The van der Waals surface area contributed by atoms with Crippen LogP contribution in [-0.4, -0.2) is 22.2 Å². The standard InChI is InChI=1S/C13H8N4O5.CH4.2HI.V/c1-14-8-10(18)6-4(15-12(8)20)2-3-5-7(6)11(19)9(17-22)13(21)16-5;;;;/h2-3,22H,1H3,(H,15,20)(H,16,21);1H4;2*1H;/q;;;;+2/p-2/b14-8?,17-9-;;;;. The Morgan fingerprint density at radius 2 is 1.31 bits per heavy atom. The van der Waals surface area contributed by atoms with Crippen LogP contribution < -0.4 is 32.7 Å². The number of H-pyrrole nitrogens is 2. The second-order valence-electron chi connectivity index (χ2n) is 4.56. The van der Waals surface area contributed by atoms with E-state index in [4.69, 9.17) is 5.21 Å². The summed E-state index contributed by atoms with van der Waals surface area (Å²) >= 11 is 4.74. The molecule has 3 aromatic rings. The van der Waals surface area contributed by atoms with Crippen molar-refractivity contribution in [1.82, 2.24) is 9.97 Å². The summed E-state index contributed by atoms with van der Waals surface area (Å²) in [4.78, 5) is 56.5. The van der Waals surface area contributed by atoms with Gasteiger partial charge in [-0.05, 0) is 12.1 Å². The summed E-state index contributed by atoms with van der Waals surface area (Å²) < 4.78 is 0. The molecule has 3 N–H and O–H groups in total. The van der Waals surface area contributed by atoms with E-state index in [0.717, 1.165) is 0 Å². The molecule has 0 bridgehead atoms. The number of pyridine rings is 2. The van der Waals surface area contributed by atoms with Gasteiger partial charge in [0.15, 0.2) is 5.36 Å². The van der Waals surface area contributed by atoms with Crippen LogP contribution in [0.4, 0.5) is 0 Å². The Kier molecular flexibility index (Phi) is 8.37. The first-order valence-electron chi connectivity index (χ1n) is 6.41. The zero-order chi connectivity index (χ0) is 18.7. The third kappa shape index (κ3) is 3.99. The first-order chi connectivity index (χ1) is 11.9. The molecule has 0 amide bonds. The molecule has 0 fully saturated rings. The number of hydrogen-bond acceptors (Lipinski definition) is 7. The second-order valence-corrected chi connectivity index (χ2v) is 16.4. The van der Waals surface area contributed by atoms with Gasteiger partial charge in [0.25, 0.3) is 11.1 Å². The van der Waals surface area contributed by atoms with E-state index in [9.17, 15) is 19.2 Å². The molecule has 0 aliphatic rings. The van der Waals surface area contributed by atoms with E-state index >= 15 is 0 Å². The van der Waals surface area contributed by atoms with Crippen molar-refractivity contribution in [2.75, 3.05) is 7.05 Å². The van der Waals surface area contributed by atoms with E-state index in [1.54, 1.807) is 0 Å². The van der Waals surface area contributed by atoms with Gasteiger partial charge in [-0.25, -0.2) is 0 Å². The van der Waals surface area contributed by atoms with Crippen LogP contribution in [0.1, 0.15) is 7.43 Å². The Labute approximate surface area is 173 Å². The van der Waals surface area contributed by atoms with E-state index < -0.39 is 27.3 Å². The van der Waals surface area contributed by atoms with Gasteiger partial charge < -0.3 is 15.2 Å². The van der Waals surface area contributed by atoms with E-state index in [1.807, 2.05) is 0 Å². The molecule has 2 heterocycles. The predicted octanol–water partition coefficient (Wildman–Crippen LogP) is 0.191. The van der Waals surface area contributed by atoms with Crippen LogP contribution in [0, 0.1) is 0 Å². The van der Waals surface area contributed by atoms with Crippen LogP contribution in [0.3, 0.4) is 0 Å². The van der Waals surface area contributed by atoms with Gasteiger partial charge in [-0.2, -0.15) is 0 Å². The topological polar surface area (TPSA) is 145 Å². The Bertz CT molecular complexity index is 1210. The van der Waals surface area contributed by atoms with Crippen molar-refractivity contribution in [2.45, 2.75) is 7.43 Å². The average molecular weight is 621 g/mol. The van der Waals surface area contributed by atoms with Crippen LogP contribution in [0.15, 0.2) is 41.5 Å². The monoisotopic (exact) mass is 621 g/mol. The Hall–Kier alpha value is -1.32. The molecule has 2 aromatic heterocycles. The first-order valence-corrected chi connectivity index (χ1v) is 15.4. The summed E-state index contributed by atoms with van der Waals surface area (Å²) in [5.74, 6) is 0. The molecule has 0 saturated heterocycles. The van der Waals surface area contributed by atoms with Crippen LogP contribution in [0.25, 0.3) is 21.8 Å². The average Bonchev–Trinajstić information content (AvgIpc) is 2.56. The molecule has 0 radical (unpaired) electrons. The van der Waals surface area contributed by atoms with Crippen molar-refractivity contribution in [2.24, 2.45) is 10.1 Å². The molecule has 9 nitrogen and oxygen atoms in total. The number of nitrogens with zero attached hydrogens (tertiary/aromatic N) is 2. The van der Waals surface area contributed by atoms with E-state index in [1.165, 1.54) is 19.2 Å². The number of hydrogen-bond donors (Lipinski definition) is 3. The molecule has 1 aromatic carbocycles. The van der Waals surface area contributed by atoms with E-state index in [0.29, 0.717) is 9.47 Å². The molecule has 26 heavy (non-hydrogen) atoms. The van der Waals surface area contributed by atoms with Gasteiger partial charge in [0.2, 0.25) is 16.2 Å². The summed E-state index contributed by atoms with van der Waals surface area (Å²) in [5.41, 5.74) is -2.97. The normalized spacial score (nSPS) is 11.8.